The number of benzene rings is 1. The number of carbonyl (C=O) groups is 1. The minimum absolute atomic E-state index is 0.0444. The van der Waals surface area contributed by atoms with Crippen molar-refractivity contribution in [2.24, 2.45) is 0 Å². The Hall–Kier alpha value is -1.51. The molecule has 0 saturated heterocycles. The molecule has 1 atom stereocenters. The Morgan fingerprint density at radius 1 is 1.32 bits per heavy atom. The number of carbonyl (C=O) groups excluding carboxylic acids is 1. The van der Waals surface area contributed by atoms with Gasteiger partial charge in [-0.2, -0.15) is 0 Å². The third kappa shape index (κ3) is 4.93. The highest BCUT2D eigenvalue weighted by atomic mass is 16.5. The van der Waals surface area contributed by atoms with E-state index in [0.717, 1.165) is 37.1 Å². The molecule has 0 aromatic heterocycles. The molecule has 1 aromatic carbocycles. The summed E-state index contributed by atoms with van der Waals surface area (Å²) in [7, 11) is 0. The average molecular weight is 263 g/mol. The highest BCUT2D eigenvalue weighted by Gasteiger charge is 2.15. The highest BCUT2D eigenvalue weighted by Crippen LogP contribution is 2.21. The van der Waals surface area contributed by atoms with Gasteiger partial charge in [0.25, 0.3) is 5.91 Å². The Kier molecular flexibility index (Phi) is 6.40. The molecule has 106 valence electrons. The van der Waals surface area contributed by atoms with Crippen molar-refractivity contribution < 1.29 is 9.53 Å². The van der Waals surface area contributed by atoms with Crippen LogP contribution in [0.1, 0.15) is 44.2 Å². The highest BCUT2D eigenvalue weighted by molar-refractivity contribution is 5.80. The first-order valence-electron chi connectivity index (χ1n) is 7.06. The van der Waals surface area contributed by atoms with Gasteiger partial charge in [0.05, 0.1) is 0 Å². The fourth-order valence-corrected chi connectivity index (χ4v) is 1.83. The molecule has 1 amide bonds. The first-order chi connectivity index (χ1) is 9.06. The number of amides is 1. The third-order valence-electron chi connectivity index (χ3n) is 3.31. The van der Waals surface area contributed by atoms with Crippen molar-refractivity contribution in [1.82, 2.24) is 5.32 Å². The molecule has 0 saturated carbocycles. The molecule has 0 heterocycles. The van der Waals surface area contributed by atoms with Crippen LogP contribution in [0.25, 0.3) is 0 Å². The van der Waals surface area contributed by atoms with E-state index in [1.165, 1.54) is 5.56 Å². The Bertz CT molecular complexity index is 415. The van der Waals surface area contributed by atoms with E-state index >= 15 is 0 Å². The van der Waals surface area contributed by atoms with E-state index in [-0.39, 0.29) is 5.91 Å². The molecule has 0 bridgehead atoms. The number of rotatable bonds is 7. The maximum Gasteiger partial charge on any atom is 0.260 e. The molecule has 0 radical (unpaired) electrons. The van der Waals surface area contributed by atoms with Crippen molar-refractivity contribution in [3.8, 4) is 5.75 Å². The molecule has 0 aliphatic rings. The number of ether oxygens (including phenoxy) is 1. The van der Waals surface area contributed by atoms with Gasteiger partial charge in [0, 0.05) is 6.54 Å². The fraction of sp³-hybridized carbons (Fsp3) is 0.562. The van der Waals surface area contributed by atoms with Gasteiger partial charge in [-0.3, -0.25) is 4.79 Å². The monoisotopic (exact) mass is 263 g/mol. The van der Waals surface area contributed by atoms with Gasteiger partial charge >= 0.3 is 0 Å². The van der Waals surface area contributed by atoms with Crippen LogP contribution in [-0.2, 0) is 4.79 Å². The zero-order valence-corrected chi connectivity index (χ0v) is 12.5. The van der Waals surface area contributed by atoms with Crippen molar-refractivity contribution in [1.29, 1.82) is 0 Å². The van der Waals surface area contributed by atoms with Crippen LogP contribution < -0.4 is 10.1 Å². The predicted molar refractivity (Wildman–Crippen MR) is 78.5 cm³/mol. The molecule has 3 heteroatoms. The van der Waals surface area contributed by atoms with Crippen molar-refractivity contribution in [2.45, 2.75) is 53.1 Å². The second kappa shape index (κ2) is 7.82. The van der Waals surface area contributed by atoms with Gasteiger partial charge in [-0.1, -0.05) is 31.9 Å². The van der Waals surface area contributed by atoms with Crippen LogP contribution >= 0.6 is 0 Å². The molecule has 0 aliphatic carbocycles. The minimum Gasteiger partial charge on any atom is -0.481 e. The Labute approximate surface area is 116 Å². The molecule has 0 unspecified atom stereocenters. The molecule has 3 nitrogen and oxygen atoms in total. The SMILES string of the molecule is CCCCCNC(=O)[C@@H](C)Oc1cccc(C)c1C. The molecule has 0 aliphatic heterocycles. The van der Waals surface area contributed by atoms with Crippen molar-refractivity contribution in [3.63, 3.8) is 0 Å². The smallest absolute Gasteiger partial charge is 0.260 e. The van der Waals surface area contributed by atoms with Crippen LogP contribution in [0.4, 0.5) is 0 Å². The summed E-state index contributed by atoms with van der Waals surface area (Å²) in [5.74, 6) is 0.744. The van der Waals surface area contributed by atoms with Gasteiger partial charge in [-0.25, -0.2) is 0 Å². The van der Waals surface area contributed by atoms with Crippen LogP contribution in [0, 0.1) is 13.8 Å². The van der Waals surface area contributed by atoms with Crippen LogP contribution in [0.15, 0.2) is 18.2 Å². The molecule has 1 rings (SSSR count). The van der Waals surface area contributed by atoms with Gasteiger partial charge < -0.3 is 10.1 Å². The summed E-state index contributed by atoms with van der Waals surface area (Å²) in [5, 5.41) is 2.91. The topological polar surface area (TPSA) is 38.3 Å². The summed E-state index contributed by atoms with van der Waals surface area (Å²) in [6.45, 7) is 8.71. The Balaban J connectivity index is 2.47. The van der Waals surface area contributed by atoms with E-state index in [1.807, 2.05) is 32.0 Å². The van der Waals surface area contributed by atoms with Crippen LogP contribution in [-0.4, -0.2) is 18.6 Å². The molecule has 1 aromatic rings. The largest absolute Gasteiger partial charge is 0.481 e. The lowest BCUT2D eigenvalue weighted by molar-refractivity contribution is -0.127. The number of unbranched alkanes of at least 4 members (excludes halogenated alkanes) is 2. The lowest BCUT2D eigenvalue weighted by Gasteiger charge is -2.17. The lowest BCUT2D eigenvalue weighted by Crippen LogP contribution is -2.36. The summed E-state index contributed by atoms with van der Waals surface area (Å²) in [6, 6.07) is 5.89. The number of nitrogens with one attached hydrogen (secondary N) is 1. The van der Waals surface area contributed by atoms with Crippen molar-refractivity contribution in [3.05, 3.63) is 29.3 Å². The van der Waals surface area contributed by atoms with Crippen molar-refractivity contribution >= 4 is 5.91 Å². The molecular formula is C16H25NO2. The van der Waals surface area contributed by atoms with Crippen molar-refractivity contribution in [2.75, 3.05) is 6.54 Å². The van der Waals surface area contributed by atoms with E-state index in [1.54, 1.807) is 6.92 Å². The number of aryl methyl sites for hydroxylation is 1. The van der Waals surface area contributed by atoms with Crippen LogP contribution in [0.5, 0.6) is 5.75 Å². The second-order valence-electron chi connectivity index (χ2n) is 4.96. The summed E-state index contributed by atoms with van der Waals surface area (Å²) in [6.07, 6.45) is 2.87. The van der Waals surface area contributed by atoms with E-state index < -0.39 is 6.10 Å². The normalized spacial score (nSPS) is 12.0. The zero-order chi connectivity index (χ0) is 14.3. The fourth-order valence-electron chi connectivity index (χ4n) is 1.83. The summed E-state index contributed by atoms with van der Waals surface area (Å²) >= 11 is 0. The molecule has 19 heavy (non-hydrogen) atoms. The zero-order valence-electron chi connectivity index (χ0n) is 12.5. The van der Waals surface area contributed by atoms with Gasteiger partial charge in [0.1, 0.15) is 5.75 Å². The molecule has 0 fully saturated rings. The maximum atomic E-state index is 11.9. The summed E-state index contributed by atoms with van der Waals surface area (Å²) < 4.78 is 5.73. The quantitative estimate of drug-likeness (QED) is 0.766. The van der Waals surface area contributed by atoms with Crippen LogP contribution in [0.2, 0.25) is 0 Å². The Morgan fingerprint density at radius 3 is 2.74 bits per heavy atom. The Morgan fingerprint density at radius 2 is 2.05 bits per heavy atom. The van der Waals surface area contributed by atoms with E-state index in [4.69, 9.17) is 4.74 Å². The summed E-state index contributed by atoms with van der Waals surface area (Å²) in [5.41, 5.74) is 2.26. The lowest BCUT2D eigenvalue weighted by atomic mass is 10.1. The summed E-state index contributed by atoms with van der Waals surface area (Å²) in [4.78, 5) is 11.9. The maximum absolute atomic E-state index is 11.9. The second-order valence-corrected chi connectivity index (χ2v) is 4.96. The first-order valence-corrected chi connectivity index (χ1v) is 7.06. The molecule has 1 N–H and O–H groups in total. The third-order valence-corrected chi connectivity index (χ3v) is 3.31. The minimum atomic E-state index is -0.456. The first kappa shape index (κ1) is 15.5. The number of hydrogen-bond donors (Lipinski definition) is 1. The van der Waals surface area contributed by atoms with Crippen LogP contribution in [0.3, 0.4) is 0 Å². The van der Waals surface area contributed by atoms with Gasteiger partial charge in [0.15, 0.2) is 6.10 Å². The van der Waals surface area contributed by atoms with Gasteiger partial charge in [-0.15, -0.1) is 0 Å². The van der Waals surface area contributed by atoms with E-state index in [2.05, 4.69) is 12.2 Å². The standard InChI is InChI=1S/C16H25NO2/c1-5-6-7-11-17-16(18)14(4)19-15-10-8-9-12(2)13(15)3/h8-10,14H,5-7,11H2,1-4H3,(H,17,18)/t14-/m1/s1. The van der Waals surface area contributed by atoms with Gasteiger partial charge in [-0.05, 0) is 44.4 Å². The predicted octanol–water partition coefficient (Wildman–Crippen LogP) is 3.38. The van der Waals surface area contributed by atoms with E-state index in [0.29, 0.717) is 0 Å². The van der Waals surface area contributed by atoms with E-state index in [9.17, 15) is 4.79 Å². The number of hydrogen-bond acceptors (Lipinski definition) is 2. The molecular weight excluding hydrogens is 238 g/mol. The van der Waals surface area contributed by atoms with Gasteiger partial charge in [0.2, 0.25) is 0 Å². The molecule has 0 spiro atoms. The average Bonchev–Trinajstić information content (AvgIpc) is 2.39.